The average molecular weight is 261 g/mol. The van der Waals surface area contributed by atoms with Crippen LogP contribution in [0.25, 0.3) is 0 Å². The fourth-order valence-corrected chi connectivity index (χ4v) is 1.61. The molecule has 1 aromatic heterocycles. The number of pyridine rings is 1. The molecule has 1 aliphatic rings. The van der Waals surface area contributed by atoms with Crippen LogP contribution < -0.4 is 10.2 Å². The molecule has 0 bridgehead atoms. The molecule has 0 radical (unpaired) electrons. The molecule has 1 aliphatic heterocycles. The Morgan fingerprint density at radius 2 is 2.11 bits per heavy atom. The summed E-state index contributed by atoms with van der Waals surface area (Å²) in [5.74, 6) is 0.926. The third-order valence-electron chi connectivity index (χ3n) is 3.02. The van der Waals surface area contributed by atoms with Crippen molar-refractivity contribution in [2.75, 3.05) is 19.0 Å². The summed E-state index contributed by atoms with van der Waals surface area (Å²) in [7, 11) is 3.89. The lowest BCUT2D eigenvalue weighted by Gasteiger charge is -2.11. The molecule has 6 nitrogen and oxygen atoms in total. The smallest absolute Gasteiger partial charge is 0.220 e. The Bertz CT molecular complexity index is 474. The number of hydrogen-bond acceptors (Lipinski definition) is 5. The van der Waals surface area contributed by atoms with E-state index >= 15 is 0 Å². The summed E-state index contributed by atoms with van der Waals surface area (Å²) in [5, 5.41) is 10.6. The average Bonchev–Trinajstić information content (AvgIpc) is 3.13. The van der Waals surface area contributed by atoms with Crippen LogP contribution in [0.15, 0.2) is 28.6 Å². The van der Waals surface area contributed by atoms with Gasteiger partial charge < -0.3 is 10.2 Å². The van der Waals surface area contributed by atoms with Gasteiger partial charge in [-0.05, 0) is 18.6 Å². The Morgan fingerprint density at radius 1 is 1.37 bits per heavy atom. The third kappa shape index (κ3) is 4.01. The number of aromatic nitrogens is 1. The zero-order valence-corrected chi connectivity index (χ0v) is 11.6. The molecule has 0 saturated heterocycles. The van der Waals surface area contributed by atoms with Crippen LogP contribution in [0.3, 0.4) is 0 Å². The van der Waals surface area contributed by atoms with Gasteiger partial charge in [0.05, 0.1) is 0 Å². The predicted octanol–water partition coefficient (Wildman–Crippen LogP) is 1.73. The topological polar surface area (TPSA) is 70.0 Å². The van der Waals surface area contributed by atoms with Gasteiger partial charge in [0.2, 0.25) is 5.91 Å². The maximum atomic E-state index is 11.6. The molecular weight excluding hydrogens is 242 g/mol. The summed E-state index contributed by atoms with van der Waals surface area (Å²) >= 11 is 0. The highest BCUT2D eigenvalue weighted by molar-refractivity contribution is 5.76. The van der Waals surface area contributed by atoms with Crippen LogP contribution in [0.1, 0.15) is 25.3 Å². The van der Waals surface area contributed by atoms with Crippen LogP contribution in [0, 0.1) is 0 Å². The van der Waals surface area contributed by atoms with Gasteiger partial charge in [0.15, 0.2) is 5.66 Å². The zero-order chi connectivity index (χ0) is 13.9. The van der Waals surface area contributed by atoms with Crippen LogP contribution >= 0.6 is 0 Å². The van der Waals surface area contributed by atoms with Crippen molar-refractivity contribution in [3.8, 4) is 0 Å². The molecule has 0 aliphatic carbocycles. The van der Waals surface area contributed by atoms with Gasteiger partial charge >= 0.3 is 0 Å². The van der Waals surface area contributed by atoms with Crippen molar-refractivity contribution in [3.05, 3.63) is 23.9 Å². The fourth-order valence-electron chi connectivity index (χ4n) is 1.61. The normalized spacial score (nSPS) is 15.1. The Morgan fingerprint density at radius 3 is 2.63 bits per heavy atom. The molecule has 102 valence electrons. The highest BCUT2D eigenvalue weighted by Crippen LogP contribution is 2.31. The van der Waals surface area contributed by atoms with E-state index in [1.54, 1.807) is 6.20 Å². The van der Waals surface area contributed by atoms with Gasteiger partial charge in [-0.2, -0.15) is 10.2 Å². The Hall–Kier alpha value is -1.98. The highest BCUT2D eigenvalue weighted by atomic mass is 16.1. The lowest BCUT2D eigenvalue weighted by atomic mass is 10.1. The summed E-state index contributed by atoms with van der Waals surface area (Å²) in [5.41, 5.74) is 0.692. The van der Waals surface area contributed by atoms with Crippen LogP contribution in [-0.4, -0.2) is 30.6 Å². The molecule has 1 aromatic rings. The van der Waals surface area contributed by atoms with Gasteiger partial charge in [-0.25, -0.2) is 4.98 Å². The van der Waals surface area contributed by atoms with E-state index in [9.17, 15) is 4.79 Å². The quantitative estimate of drug-likeness (QED) is 0.847. The summed E-state index contributed by atoms with van der Waals surface area (Å²) in [6.07, 6.45) is 2.91. The number of amides is 1. The molecule has 1 N–H and O–H groups in total. The van der Waals surface area contributed by atoms with E-state index < -0.39 is 0 Å². The SMILES string of the molecule is CN(C)c1ccc(CNC(=O)CCC2(C)N=N2)cn1. The lowest BCUT2D eigenvalue weighted by molar-refractivity contribution is -0.121. The Balaban J connectivity index is 1.73. The van der Waals surface area contributed by atoms with Crippen LogP contribution in [-0.2, 0) is 11.3 Å². The second-order valence-corrected chi connectivity index (χ2v) is 5.11. The standard InChI is InChI=1S/C13H19N5O/c1-13(16-17-13)7-6-12(19)15-9-10-4-5-11(14-8-10)18(2)3/h4-5,8H,6-7,9H2,1-3H3,(H,15,19). The number of anilines is 1. The Kier molecular flexibility index (Phi) is 3.78. The molecule has 0 aromatic carbocycles. The first-order valence-electron chi connectivity index (χ1n) is 6.31. The first kappa shape index (κ1) is 13.5. The molecule has 6 heteroatoms. The van der Waals surface area contributed by atoms with Crippen molar-refractivity contribution in [2.24, 2.45) is 10.2 Å². The van der Waals surface area contributed by atoms with Gasteiger partial charge in [-0.3, -0.25) is 4.79 Å². The molecule has 0 saturated carbocycles. The van der Waals surface area contributed by atoms with E-state index in [-0.39, 0.29) is 11.6 Å². The van der Waals surface area contributed by atoms with E-state index in [4.69, 9.17) is 0 Å². The second-order valence-electron chi connectivity index (χ2n) is 5.11. The fraction of sp³-hybridized carbons (Fsp3) is 0.538. The monoisotopic (exact) mass is 261 g/mol. The minimum atomic E-state index is -0.299. The number of rotatable bonds is 6. The van der Waals surface area contributed by atoms with E-state index in [2.05, 4.69) is 20.5 Å². The maximum absolute atomic E-state index is 11.6. The summed E-state index contributed by atoms with van der Waals surface area (Å²) in [6, 6.07) is 3.90. The number of carbonyl (C=O) groups excluding carboxylic acids is 1. The van der Waals surface area contributed by atoms with Gasteiger partial charge in [0.1, 0.15) is 5.82 Å². The molecule has 2 rings (SSSR count). The molecule has 1 amide bonds. The molecule has 0 fully saturated rings. The van der Waals surface area contributed by atoms with E-state index in [1.807, 2.05) is 38.1 Å². The second kappa shape index (κ2) is 5.34. The van der Waals surface area contributed by atoms with Crippen LogP contribution in [0.2, 0.25) is 0 Å². The van der Waals surface area contributed by atoms with Crippen LogP contribution in [0.4, 0.5) is 5.82 Å². The predicted molar refractivity (Wildman–Crippen MR) is 72.9 cm³/mol. The number of nitrogens with one attached hydrogen (secondary N) is 1. The highest BCUT2D eigenvalue weighted by Gasteiger charge is 2.33. The largest absolute Gasteiger partial charge is 0.363 e. The van der Waals surface area contributed by atoms with Crippen molar-refractivity contribution in [1.29, 1.82) is 0 Å². The molecule has 0 unspecified atom stereocenters. The maximum Gasteiger partial charge on any atom is 0.220 e. The van der Waals surface area contributed by atoms with E-state index in [0.717, 1.165) is 11.4 Å². The lowest BCUT2D eigenvalue weighted by Crippen LogP contribution is -2.24. The van der Waals surface area contributed by atoms with Crippen LogP contribution in [0.5, 0.6) is 0 Å². The summed E-state index contributed by atoms with van der Waals surface area (Å²) in [4.78, 5) is 17.9. The van der Waals surface area contributed by atoms with Crippen molar-refractivity contribution >= 4 is 11.7 Å². The van der Waals surface area contributed by atoms with Crippen molar-refractivity contribution < 1.29 is 4.79 Å². The summed E-state index contributed by atoms with van der Waals surface area (Å²) in [6.45, 7) is 2.43. The van der Waals surface area contributed by atoms with Crippen molar-refractivity contribution in [3.63, 3.8) is 0 Å². The Labute approximate surface area is 112 Å². The molecule has 19 heavy (non-hydrogen) atoms. The van der Waals surface area contributed by atoms with Gasteiger partial charge in [0.25, 0.3) is 0 Å². The first-order chi connectivity index (χ1) is 8.98. The zero-order valence-electron chi connectivity index (χ0n) is 11.6. The molecule has 2 heterocycles. The minimum absolute atomic E-state index is 0.0233. The molecule has 0 atom stereocenters. The first-order valence-corrected chi connectivity index (χ1v) is 6.31. The number of carbonyl (C=O) groups is 1. The van der Waals surface area contributed by atoms with Gasteiger partial charge in [-0.1, -0.05) is 6.07 Å². The van der Waals surface area contributed by atoms with Crippen molar-refractivity contribution in [1.82, 2.24) is 10.3 Å². The number of hydrogen-bond donors (Lipinski definition) is 1. The molecular formula is C13H19N5O. The van der Waals surface area contributed by atoms with Gasteiger partial charge in [0, 0.05) is 39.7 Å². The minimum Gasteiger partial charge on any atom is -0.363 e. The molecule has 0 spiro atoms. The van der Waals surface area contributed by atoms with E-state index in [1.165, 1.54) is 0 Å². The number of nitrogens with zero attached hydrogens (tertiary/aromatic N) is 4. The van der Waals surface area contributed by atoms with Crippen molar-refractivity contribution in [2.45, 2.75) is 32.0 Å². The van der Waals surface area contributed by atoms with Gasteiger partial charge in [-0.15, -0.1) is 0 Å². The third-order valence-corrected chi connectivity index (χ3v) is 3.02. The van der Waals surface area contributed by atoms with E-state index in [0.29, 0.717) is 19.4 Å². The summed E-state index contributed by atoms with van der Waals surface area (Å²) < 4.78 is 0.